The lowest BCUT2D eigenvalue weighted by Gasteiger charge is -2.23. The van der Waals surface area contributed by atoms with Crippen LogP contribution in [0.5, 0.6) is 0 Å². The number of benzene rings is 2. The van der Waals surface area contributed by atoms with Crippen LogP contribution in [0.2, 0.25) is 0 Å². The summed E-state index contributed by atoms with van der Waals surface area (Å²) in [6, 6.07) is 17.5. The van der Waals surface area contributed by atoms with Crippen LogP contribution in [-0.2, 0) is 25.6 Å². The molecule has 3 rings (SSSR count). The average molecular weight is 397 g/mol. The molecule has 0 saturated carbocycles. The van der Waals surface area contributed by atoms with Gasteiger partial charge in [-0.2, -0.15) is 0 Å². The summed E-state index contributed by atoms with van der Waals surface area (Å²) >= 11 is 0. The van der Waals surface area contributed by atoms with Crippen molar-refractivity contribution in [1.82, 2.24) is 0 Å². The minimum atomic E-state index is -0.972. The molecule has 0 aromatic heterocycles. The van der Waals surface area contributed by atoms with Crippen LogP contribution in [0, 0.1) is 16.0 Å². The number of hydrogen-bond donors (Lipinski definition) is 0. The van der Waals surface area contributed by atoms with Gasteiger partial charge in [-0.15, -0.1) is 0 Å². The van der Waals surface area contributed by atoms with Crippen LogP contribution in [0.4, 0.5) is 0 Å². The lowest BCUT2D eigenvalue weighted by molar-refractivity contribution is -0.434. The number of carbonyl (C=O) groups excluding carboxylic acids is 2. The second kappa shape index (κ2) is 9.61. The highest BCUT2D eigenvalue weighted by Gasteiger charge is 2.47. The van der Waals surface area contributed by atoms with E-state index in [2.05, 4.69) is 0 Å². The predicted octanol–water partition coefficient (Wildman–Crippen LogP) is 2.76. The van der Waals surface area contributed by atoms with E-state index in [9.17, 15) is 19.7 Å². The summed E-state index contributed by atoms with van der Waals surface area (Å²) in [5.74, 6) is -1.56. The predicted molar refractivity (Wildman–Crippen MR) is 101 cm³/mol. The van der Waals surface area contributed by atoms with Gasteiger partial charge in [0, 0.05) is 6.08 Å². The van der Waals surface area contributed by atoms with Crippen molar-refractivity contribution in [2.24, 2.45) is 5.92 Å². The molecule has 8 nitrogen and oxygen atoms in total. The minimum Gasteiger partial charge on any atom is -0.461 e. The monoisotopic (exact) mass is 397 g/mol. The summed E-state index contributed by atoms with van der Waals surface area (Å²) in [7, 11) is 0. The second-order valence-corrected chi connectivity index (χ2v) is 6.38. The zero-order valence-electron chi connectivity index (χ0n) is 15.4. The zero-order valence-corrected chi connectivity index (χ0v) is 15.4. The lowest BCUT2D eigenvalue weighted by Crippen LogP contribution is -2.35. The summed E-state index contributed by atoms with van der Waals surface area (Å²) in [6.45, 7) is 0.0821. The first-order valence-corrected chi connectivity index (χ1v) is 8.93. The largest absolute Gasteiger partial charge is 0.461 e. The smallest absolute Gasteiger partial charge is 0.338 e. The van der Waals surface area contributed by atoms with E-state index < -0.39 is 29.0 Å². The van der Waals surface area contributed by atoms with Gasteiger partial charge in [0.05, 0.1) is 17.1 Å². The van der Waals surface area contributed by atoms with Gasteiger partial charge in [-0.1, -0.05) is 48.5 Å². The lowest BCUT2D eigenvalue weighted by atomic mass is 10.0. The molecule has 3 atom stereocenters. The summed E-state index contributed by atoms with van der Waals surface area (Å²) in [6.07, 6.45) is -0.501. The first-order valence-electron chi connectivity index (χ1n) is 8.93. The third kappa shape index (κ3) is 5.05. The van der Waals surface area contributed by atoms with Gasteiger partial charge < -0.3 is 14.2 Å². The van der Waals surface area contributed by atoms with E-state index in [1.807, 2.05) is 30.3 Å². The Bertz CT molecular complexity index is 882. The van der Waals surface area contributed by atoms with Crippen LogP contribution in [0.3, 0.4) is 0 Å². The molecular weight excluding hydrogens is 378 g/mol. The first kappa shape index (κ1) is 20.2. The van der Waals surface area contributed by atoms with Crippen LogP contribution >= 0.6 is 0 Å². The standard InChI is InChI=1S/C21H19NO7/c23-14-29-20-17(13-28-21(24)16-9-5-2-6-10-16)18(22(25)26)11-19(20)27-12-15-7-3-1-4-8-15/h1-11,14,17,19-20H,12-13H2/t17-,19+,20-/m1/s1. The number of nitrogens with zero attached hydrogens (tertiary/aromatic N) is 1. The molecular formula is C21H19NO7. The van der Waals surface area contributed by atoms with E-state index in [1.165, 1.54) is 6.08 Å². The van der Waals surface area contributed by atoms with Crippen LogP contribution in [0.15, 0.2) is 72.4 Å². The van der Waals surface area contributed by atoms with Crippen LogP contribution in [0.25, 0.3) is 0 Å². The highest BCUT2D eigenvalue weighted by atomic mass is 16.6. The highest BCUT2D eigenvalue weighted by molar-refractivity contribution is 5.89. The summed E-state index contributed by atoms with van der Waals surface area (Å²) in [5, 5.41) is 11.5. The molecule has 0 aliphatic heterocycles. The molecule has 1 aliphatic rings. The zero-order chi connectivity index (χ0) is 20.6. The Morgan fingerprint density at radius 2 is 1.72 bits per heavy atom. The molecule has 0 fully saturated rings. The summed E-state index contributed by atoms with van der Waals surface area (Å²) in [5.41, 5.74) is 0.977. The van der Waals surface area contributed by atoms with E-state index in [0.717, 1.165) is 5.56 Å². The van der Waals surface area contributed by atoms with Gasteiger partial charge in [0.2, 0.25) is 0 Å². The van der Waals surface area contributed by atoms with Gasteiger partial charge >= 0.3 is 5.97 Å². The van der Waals surface area contributed by atoms with Crippen LogP contribution in [-0.4, -0.2) is 36.2 Å². The number of hydrogen-bond acceptors (Lipinski definition) is 7. The maximum atomic E-state index is 12.2. The molecule has 0 bridgehead atoms. The minimum absolute atomic E-state index is 0.183. The van der Waals surface area contributed by atoms with Crippen molar-refractivity contribution in [3.05, 3.63) is 93.7 Å². The molecule has 2 aromatic carbocycles. The van der Waals surface area contributed by atoms with Crippen molar-refractivity contribution in [3.63, 3.8) is 0 Å². The number of ether oxygens (including phenoxy) is 3. The van der Waals surface area contributed by atoms with E-state index in [0.29, 0.717) is 5.56 Å². The Morgan fingerprint density at radius 3 is 2.34 bits per heavy atom. The Balaban J connectivity index is 1.71. The third-order valence-corrected chi connectivity index (χ3v) is 4.55. The van der Waals surface area contributed by atoms with Crippen molar-refractivity contribution in [2.45, 2.75) is 18.8 Å². The maximum absolute atomic E-state index is 12.2. The fourth-order valence-electron chi connectivity index (χ4n) is 3.13. The molecule has 0 N–H and O–H groups in total. The van der Waals surface area contributed by atoms with E-state index in [1.54, 1.807) is 30.3 Å². The molecule has 0 unspecified atom stereocenters. The first-order chi connectivity index (χ1) is 14.1. The number of esters is 1. The molecule has 8 heteroatoms. The van der Waals surface area contributed by atoms with Crippen LogP contribution in [0.1, 0.15) is 15.9 Å². The number of nitro groups is 1. The van der Waals surface area contributed by atoms with Gasteiger partial charge in [-0.25, -0.2) is 4.79 Å². The van der Waals surface area contributed by atoms with Crippen molar-refractivity contribution >= 4 is 12.4 Å². The number of rotatable bonds is 9. The maximum Gasteiger partial charge on any atom is 0.338 e. The molecule has 0 heterocycles. The SMILES string of the molecule is O=CO[C@H]1[C@@H](OCc2ccccc2)C=C([N+](=O)[O-])[C@H]1COC(=O)c1ccccc1. The van der Waals surface area contributed by atoms with Gasteiger partial charge in [0.1, 0.15) is 24.7 Å². The molecule has 0 radical (unpaired) electrons. The summed E-state index contributed by atoms with van der Waals surface area (Å²) < 4.78 is 16.1. The molecule has 0 amide bonds. The summed E-state index contributed by atoms with van der Waals surface area (Å²) in [4.78, 5) is 34.1. The van der Waals surface area contributed by atoms with Gasteiger partial charge in [-0.3, -0.25) is 14.9 Å². The van der Waals surface area contributed by atoms with Crippen molar-refractivity contribution in [3.8, 4) is 0 Å². The van der Waals surface area contributed by atoms with Crippen molar-refractivity contribution < 1.29 is 28.7 Å². The van der Waals surface area contributed by atoms with E-state index >= 15 is 0 Å². The highest BCUT2D eigenvalue weighted by Crippen LogP contribution is 2.32. The Morgan fingerprint density at radius 1 is 1.07 bits per heavy atom. The fourth-order valence-corrected chi connectivity index (χ4v) is 3.13. The number of carbonyl (C=O) groups is 2. The average Bonchev–Trinajstić information content (AvgIpc) is 3.10. The van der Waals surface area contributed by atoms with Gasteiger partial charge in [0.15, 0.2) is 0 Å². The molecule has 1 aliphatic carbocycles. The molecule has 29 heavy (non-hydrogen) atoms. The van der Waals surface area contributed by atoms with E-state index in [-0.39, 0.29) is 25.4 Å². The molecule has 0 saturated heterocycles. The quantitative estimate of drug-likeness (QED) is 0.277. The Kier molecular flexibility index (Phi) is 6.70. The molecule has 2 aromatic rings. The van der Waals surface area contributed by atoms with E-state index in [4.69, 9.17) is 14.2 Å². The molecule has 150 valence electrons. The van der Waals surface area contributed by atoms with Gasteiger partial charge in [0.25, 0.3) is 12.2 Å². The Labute approximate surface area is 166 Å². The van der Waals surface area contributed by atoms with Crippen molar-refractivity contribution in [2.75, 3.05) is 6.61 Å². The Hall–Kier alpha value is -3.52. The fraction of sp³-hybridized carbons (Fsp3) is 0.238. The van der Waals surface area contributed by atoms with Crippen molar-refractivity contribution in [1.29, 1.82) is 0 Å². The normalized spacial score (nSPS) is 20.6. The molecule has 0 spiro atoms. The van der Waals surface area contributed by atoms with Gasteiger partial charge in [-0.05, 0) is 17.7 Å². The topological polar surface area (TPSA) is 105 Å². The van der Waals surface area contributed by atoms with Crippen LogP contribution < -0.4 is 0 Å². The third-order valence-electron chi connectivity index (χ3n) is 4.55. The second-order valence-electron chi connectivity index (χ2n) is 6.38.